The predicted molar refractivity (Wildman–Crippen MR) is 86.3 cm³/mol. The van der Waals surface area contributed by atoms with E-state index in [0.717, 1.165) is 36.8 Å². The summed E-state index contributed by atoms with van der Waals surface area (Å²) in [5.41, 5.74) is 2.21. The van der Waals surface area contributed by atoms with Crippen LogP contribution in [0.4, 0.5) is 0 Å². The highest BCUT2D eigenvalue weighted by Crippen LogP contribution is 2.44. The Morgan fingerprint density at radius 1 is 1.33 bits per heavy atom. The second-order valence-electron chi connectivity index (χ2n) is 6.97. The lowest BCUT2D eigenvalue weighted by atomic mass is 9.66. The molecular weight excluding hydrogens is 258 g/mol. The van der Waals surface area contributed by atoms with E-state index in [9.17, 15) is 5.26 Å². The smallest absolute Gasteiger partial charge is 0.122 e. The first-order valence-corrected chi connectivity index (χ1v) is 8.04. The van der Waals surface area contributed by atoms with Crippen molar-refractivity contribution in [3.63, 3.8) is 0 Å². The Morgan fingerprint density at radius 2 is 2.00 bits per heavy atom. The van der Waals surface area contributed by atoms with E-state index in [1.807, 2.05) is 6.07 Å². The van der Waals surface area contributed by atoms with E-state index in [-0.39, 0.29) is 5.41 Å². The zero-order valence-electron chi connectivity index (χ0n) is 13.8. The summed E-state index contributed by atoms with van der Waals surface area (Å²) in [7, 11) is 1.71. The van der Waals surface area contributed by atoms with Gasteiger partial charge in [0.15, 0.2) is 0 Å². The molecule has 1 aliphatic carbocycles. The molecule has 1 aromatic carbocycles. The summed E-state index contributed by atoms with van der Waals surface area (Å²) in [6.07, 6.45) is 5.21. The molecule has 2 rings (SSSR count). The predicted octanol–water partition coefficient (Wildman–Crippen LogP) is 4.90. The monoisotopic (exact) mass is 285 g/mol. The van der Waals surface area contributed by atoms with Crippen molar-refractivity contribution in [1.82, 2.24) is 0 Å². The quantitative estimate of drug-likeness (QED) is 0.788. The Hall–Kier alpha value is -1.49. The molecular formula is C19H27NO. The van der Waals surface area contributed by atoms with E-state index in [4.69, 9.17) is 4.74 Å². The molecule has 0 unspecified atom stereocenters. The third-order valence-corrected chi connectivity index (χ3v) is 5.13. The number of hydrogen-bond acceptors (Lipinski definition) is 2. The van der Waals surface area contributed by atoms with E-state index >= 15 is 0 Å². The van der Waals surface area contributed by atoms with E-state index in [1.54, 1.807) is 7.11 Å². The highest BCUT2D eigenvalue weighted by Gasteiger charge is 2.37. The maximum absolute atomic E-state index is 9.77. The minimum atomic E-state index is -0.202. The number of methoxy groups -OCH3 is 1. The summed E-state index contributed by atoms with van der Waals surface area (Å²) in [4.78, 5) is 0. The fourth-order valence-electron chi connectivity index (χ4n) is 3.60. The van der Waals surface area contributed by atoms with Crippen molar-refractivity contribution in [2.24, 2.45) is 17.3 Å². The maximum Gasteiger partial charge on any atom is 0.122 e. The largest absolute Gasteiger partial charge is 0.496 e. The molecule has 0 aromatic heterocycles. The van der Waals surface area contributed by atoms with Crippen LogP contribution in [0.1, 0.15) is 50.7 Å². The van der Waals surface area contributed by atoms with Crippen molar-refractivity contribution in [1.29, 1.82) is 5.26 Å². The average molecular weight is 285 g/mol. The second-order valence-corrected chi connectivity index (χ2v) is 6.97. The fourth-order valence-corrected chi connectivity index (χ4v) is 3.60. The molecule has 0 N–H and O–H groups in total. The molecule has 1 aliphatic rings. The molecule has 0 amide bonds. The summed E-state index contributed by atoms with van der Waals surface area (Å²) in [6, 6.07) is 8.90. The Kier molecular flexibility index (Phi) is 4.93. The van der Waals surface area contributed by atoms with Crippen LogP contribution in [0.15, 0.2) is 18.2 Å². The van der Waals surface area contributed by atoms with Gasteiger partial charge in [-0.1, -0.05) is 31.5 Å². The van der Waals surface area contributed by atoms with Gasteiger partial charge >= 0.3 is 0 Å². The van der Waals surface area contributed by atoms with Gasteiger partial charge in [0.2, 0.25) is 0 Å². The molecule has 1 fully saturated rings. The number of aryl methyl sites for hydroxylation is 1. The maximum atomic E-state index is 9.77. The molecule has 2 heteroatoms. The number of benzene rings is 1. The van der Waals surface area contributed by atoms with Crippen molar-refractivity contribution in [2.45, 2.75) is 52.9 Å². The van der Waals surface area contributed by atoms with Crippen LogP contribution in [-0.4, -0.2) is 7.11 Å². The van der Waals surface area contributed by atoms with Crippen molar-refractivity contribution >= 4 is 0 Å². The Labute approximate surface area is 129 Å². The second kappa shape index (κ2) is 6.52. The summed E-state index contributed by atoms with van der Waals surface area (Å²) < 4.78 is 5.48. The molecule has 114 valence electrons. The number of rotatable bonds is 4. The average Bonchev–Trinajstić information content (AvgIpc) is 2.48. The van der Waals surface area contributed by atoms with Gasteiger partial charge in [0.05, 0.1) is 18.6 Å². The van der Waals surface area contributed by atoms with Gasteiger partial charge in [0.25, 0.3) is 0 Å². The van der Waals surface area contributed by atoms with Gasteiger partial charge in [-0.15, -0.1) is 0 Å². The normalized spacial score (nSPS) is 25.6. The van der Waals surface area contributed by atoms with Crippen LogP contribution < -0.4 is 4.74 Å². The molecule has 0 bridgehead atoms. The van der Waals surface area contributed by atoms with E-state index < -0.39 is 0 Å². The van der Waals surface area contributed by atoms with Crippen molar-refractivity contribution < 1.29 is 4.74 Å². The van der Waals surface area contributed by atoms with Crippen LogP contribution in [0.2, 0.25) is 0 Å². The lowest BCUT2D eigenvalue weighted by molar-refractivity contribution is 0.174. The Balaban J connectivity index is 2.17. The summed E-state index contributed by atoms with van der Waals surface area (Å²) in [5.74, 6) is 2.43. The van der Waals surface area contributed by atoms with E-state index in [0.29, 0.717) is 0 Å². The highest BCUT2D eigenvalue weighted by molar-refractivity contribution is 5.38. The lowest BCUT2D eigenvalue weighted by Crippen LogP contribution is -2.30. The Bertz CT molecular complexity index is 519. The highest BCUT2D eigenvalue weighted by atomic mass is 16.5. The number of ether oxygens (including phenoxy) is 1. The standard InChI is InChI=1S/C19H27NO/c1-14(2)16-7-9-19(13-20,10-8-16)12-17-11-15(3)5-6-18(17)21-4/h5-6,11,14,16H,7-10,12H2,1-4H3. The molecule has 0 saturated heterocycles. The van der Waals surface area contributed by atoms with Crippen LogP contribution in [0.25, 0.3) is 0 Å². The first-order chi connectivity index (χ1) is 9.99. The fraction of sp³-hybridized carbons (Fsp3) is 0.632. The molecule has 0 heterocycles. The molecule has 0 radical (unpaired) electrons. The van der Waals surface area contributed by atoms with Crippen LogP contribution >= 0.6 is 0 Å². The topological polar surface area (TPSA) is 33.0 Å². The molecule has 1 saturated carbocycles. The van der Waals surface area contributed by atoms with Crippen molar-refractivity contribution in [2.75, 3.05) is 7.11 Å². The van der Waals surface area contributed by atoms with Crippen LogP contribution in [0.5, 0.6) is 5.75 Å². The Morgan fingerprint density at radius 3 is 2.52 bits per heavy atom. The summed E-state index contributed by atoms with van der Waals surface area (Å²) in [6.45, 7) is 6.69. The van der Waals surface area contributed by atoms with Gasteiger partial charge in [-0.25, -0.2) is 0 Å². The van der Waals surface area contributed by atoms with Gasteiger partial charge in [0, 0.05) is 0 Å². The minimum Gasteiger partial charge on any atom is -0.496 e. The molecule has 0 atom stereocenters. The number of hydrogen-bond donors (Lipinski definition) is 0. The number of nitrogens with zero attached hydrogens (tertiary/aromatic N) is 1. The SMILES string of the molecule is COc1ccc(C)cc1CC1(C#N)CCC(C(C)C)CC1. The van der Waals surface area contributed by atoms with Crippen LogP contribution in [0, 0.1) is 35.5 Å². The zero-order valence-corrected chi connectivity index (χ0v) is 13.8. The first-order valence-electron chi connectivity index (χ1n) is 8.04. The van der Waals surface area contributed by atoms with Gasteiger partial charge < -0.3 is 4.74 Å². The van der Waals surface area contributed by atoms with Crippen molar-refractivity contribution in [3.8, 4) is 11.8 Å². The first kappa shape index (κ1) is 15.9. The molecule has 2 nitrogen and oxygen atoms in total. The minimum absolute atomic E-state index is 0.202. The molecule has 0 spiro atoms. The molecule has 1 aromatic rings. The third-order valence-electron chi connectivity index (χ3n) is 5.13. The van der Waals surface area contributed by atoms with E-state index in [1.165, 1.54) is 24.0 Å². The molecule has 0 aliphatic heterocycles. The summed E-state index contributed by atoms with van der Waals surface area (Å²) >= 11 is 0. The van der Waals surface area contributed by atoms with Crippen LogP contribution in [0.3, 0.4) is 0 Å². The third kappa shape index (κ3) is 3.59. The van der Waals surface area contributed by atoms with Gasteiger partial charge in [0.1, 0.15) is 5.75 Å². The zero-order chi connectivity index (χ0) is 15.5. The number of nitriles is 1. The van der Waals surface area contributed by atoms with Crippen LogP contribution in [-0.2, 0) is 6.42 Å². The van der Waals surface area contributed by atoms with Gasteiger partial charge in [-0.3, -0.25) is 0 Å². The summed E-state index contributed by atoms with van der Waals surface area (Å²) in [5, 5.41) is 9.77. The van der Waals surface area contributed by atoms with E-state index in [2.05, 4.69) is 39.0 Å². The lowest BCUT2D eigenvalue weighted by Gasteiger charge is -2.37. The molecule has 21 heavy (non-hydrogen) atoms. The van der Waals surface area contributed by atoms with Gasteiger partial charge in [-0.2, -0.15) is 5.26 Å². The van der Waals surface area contributed by atoms with Crippen molar-refractivity contribution in [3.05, 3.63) is 29.3 Å². The van der Waals surface area contributed by atoms with Gasteiger partial charge in [-0.05, 0) is 62.5 Å².